The molecule has 0 rings (SSSR count). The fourth-order valence-corrected chi connectivity index (χ4v) is 5.52. The summed E-state index contributed by atoms with van der Waals surface area (Å²) in [4.78, 5) is 0. The van der Waals surface area contributed by atoms with Gasteiger partial charge in [-0.15, -0.1) is 0 Å². The molecule has 0 spiro atoms. The Kier molecular flexibility index (Phi) is 10.3. The number of thioether (sulfide) groups is 1. The van der Waals surface area contributed by atoms with E-state index in [1.165, 1.54) is 5.57 Å². The maximum atomic E-state index is 5.78. The van der Waals surface area contributed by atoms with Crippen molar-refractivity contribution in [1.82, 2.24) is 0 Å². The van der Waals surface area contributed by atoms with Gasteiger partial charge in [-0.2, -0.15) is 11.8 Å². The first-order valence-corrected chi connectivity index (χ1v) is 9.32. The van der Waals surface area contributed by atoms with Gasteiger partial charge in [-0.05, 0) is 33.4 Å². The van der Waals surface area contributed by atoms with Gasteiger partial charge in [-0.25, -0.2) is 0 Å². The van der Waals surface area contributed by atoms with Crippen LogP contribution in [0.5, 0.6) is 0 Å². The molecular weight excluding hydrogens is 252 g/mol. The molecule has 0 aliphatic rings. The van der Waals surface area contributed by atoms with E-state index in [1.54, 1.807) is 0 Å². The van der Waals surface area contributed by atoms with Gasteiger partial charge in [0.1, 0.15) is 0 Å². The number of hydrogen-bond donors (Lipinski definition) is 0. The van der Waals surface area contributed by atoms with Gasteiger partial charge < -0.3 is 13.3 Å². The normalized spacial score (nSPS) is 11.8. The summed E-state index contributed by atoms with van der Waals surface area (Å²) in [6, 6.07) is 0.875. The van der Waals surface area contributed by atoms with Gasteiger partial charge in [0.15, 0.2) is 0 Å². The van der Waals surface area contributed by atoms with Crippen molar-refractivity contribution in [3.05, 3.63) is 12.2 Å². The largest absolute Gasteiger partial charge is 0.501 e. The van der Waals surface area contributed by atoms with Crippen molar-refractivity contribution in [2.45, 2.75) is 33.7 Å². The molecule has 0 radical (unpaired) electrons. The third-order valence-corrected chi connectivity index (χ3v) is 6.59. The molecule has 102 valence electrons. The zero-order valence-electron chi connectivity index (χ0n) is 11.6. The second kappa shape index (κ2) is 10.1. The third kappa shape index (κ3) is 7.99. The Morgan fingerprint density at radius 3 is 1.88 bits per heavy atom. The average molecular weight is 278 g/mol. The monoisotopic (exact) mass is 278 g/mol. The lowest BCUT2D eigenvalue weighted by atomic mass is 10.4. The summed E-state index contributed by atoms with van der Waals surface area (Å²) in [6.07, 6.45) is 0. The molecule has 0 N–H and O–H groups in total. The van der Waals surface area contributed by atoms with Crippen LogP contribution in [-0.2, 0) is 13.3 Å². The molecule has 0 bridgehead atoms. The highest BCUT2D eigenvalue weighted by molar-refractivity contribution is 7.99. The van der Waals surface area contributed by atoms with E-state index in [9.17, 15) is 0 Å². The topological polar surface area (TPSA) is 27.7 Å². The highest BCUT2D eigenvalue weighted by Crippen LogP contribution is 2.20. The molecule has 0 heterocycles. The van der Waals surface area contributed by atoms with Crippen LogP contribution in [0.3, 0.4) is 0 Å². The molecule has 0 aromatic carbocycles. The molecule has 3 nitrogen and oxygen atoms in total. The summed E-state index contributed by atoms with van der Waals surface area (Å²) >= 11 is 1.86. The molecular formula is C12H26O3SSi. The molecule has 0 aliphatic heterocycles. The van der Waals surface area contributed by atoms with E-state index in [4.69, 9.17) is 13.3 Å². The summed E-state index contributed by atoms with van der Waals surface area (Å²) in [7, 11) is -2.42. The van der Waals surface area contributed by atoms with E-state index in [0.717, 1.165) is 17.5 Å². The Morgan fingerprint density at radius 1 is 1.06 bits per heavy atom. The molecule has 0 saturated heterocycles. The average Bonchev–Trinajstić information content (AvgIpc) is 2.25. The molecule has 0 aliphatic carbocycles. The zero-order valence-corrected chi connectivity index (χ0v) is 13.4. The Bertz CT molecular complexity index is 195. The van der Waals surface area contributed by atoms with E-state index in [0.29, 0.717) is 19.8 Å². The maximum Gasteiger partial charge on any atom is 0.501 e. The van der Waals surface area contributed by atoms with Gasteiger partial charge in [-0.3, -0.25) is 0 Å². The first kappa shape index (κ1) is 17.2. The van der Waals surface area contributed by atoms with E-state index < -0.39 is 8.80 Å². The van der Waals surface area contributed by atoms with E-state index >= 15 is 0 Å². The van der Waals surface area contributed by atoms with Crippen LogP contribution in [0, 0.1) is 0 Å². The molecule has 0 aromatic heterocycles. The molecule has 0 aromatic rings. The Morgan fingerprint density at radius 2 is 1.53 bits per heavy atom. The minimum absolute atomic E-state index is 0.650. The molecule has 0 unspecified atom stereocenters. The summed E-state index contributed by atoms with van der Waals surface area (Å²) < 4.78 is 17.3. The molecule has 17 heavy (non-hydrogen) atoms. The number of hydrogen-bond acceptors (Lipinski definition) is 4. The lowest BCUT2D eigenvalue weighted by molar-refractivity contribution is 0.0728. The van der Waals surface area contributed by atoms with E-state index in [-0.39, 0.29) is 0 Å². The first-order chi connectivity index (χ1) is 8.10. The van der Waals surface area contributed by atoms with Crippen molar-refractivity contribution in [3.8, 4) is 0 Å². The quantitative estimate of drug-likeness (QED) is 0.329. The summed E-state index contributed by atoms with van der Waals surface area (Å²) in [6.45, 7) is 13.9. The van der Waals surface area contributed by atoms with Gasteiger partial charge in [-0.1, -0.05) is 12.2 Å². The number of rotatable bonds is 11. The van der Waals surface area contributed by atoms with Crippen molar-refractivity contribution in [3.63, 3.8) is 0 Å². The molecule has 0 amide bonds. The van der Waals surface area contributed by atoms with Crippen LogP contribution in [0.1, 0.15) is 27.7 Å². The zero-order chi connectivity index (χ0) is 13.1. The predicted molar refractivity (Wildman–Crippen MR) is 77.6 cm³/mol. The maximum absolute atomic E-state index is 5.78. The van der Waals surface area contributed by atoms with Crippen molar-refractivity contribution >= 4 is 20.6 Å². The second-order valence-electron chi connectivity index (χ2n) is 3.74. The van der Waals surface area contributed by atoms with Gasteiger partial charge in [0.05, 0.1) is 0 Å². The van der Waals surface area contributed by atoms with E-state index in [1.807, 2.05) is 39.5 Å². The minimum atomic E-state index is -2.42. The van der Waals surface area contributed by atoms with Gasteiger partial charge in [0, 0.05) is 31.6 Å². The lowest BCUT2D eigenvalue weighted by Gasteiger charge is -2.28. The third-order valence-electron chi connectivity index (χ3n) is 1.99. The Labute approximate surface area is 111 Å². The smallest absolute Gasteiger partial charge is 0.374 e. The lowest BCUT2D eigenvalue weighted by Crippen LogP contribution is -2.46. The van der Waals surface area contributed by atoms with Crippen LogP contribution in [0.2, 0.25) is 6.04 Å². The van der Waals surface area contributed by atoms with Crippen LogP contribution in [-0.4, -0.2) is 40.1 Å². The van der Waals surface area contributed by atoms with Gasteiger partial charge in [0.25, 0.3) is 0 Å². The van der Waals surface area contributed by atoms with Crippen LogP contribution < -0.4 is 0 Å². The SMILES string of the molecule is C=C(C)CSCC[Si](OCC)(OCC)OCC. The van der Waals surface area contributed by atoms with Crippen LogP contribution in [0.4, 0.5) is 0 Å². The van der Waals surface area contributed by atoms with Crippen molar-refractivity contribution in [1.29, 1.82) is 0 Å². The van der Waals surface area contributed by atoms with Crippen molar-refractivity contribution in [2.75, 3.05) is 31.3 Å². The van der Waals surface area contributed by atoms with E-state index in [2.05, 4.69) is 6.58 Å². The second-order valence-corrected chi connectivity index (χ2v) is 7.58. The highest BCUT2D eigenvalue weighted by atomic mass is 32.2. The molecule has 0 saturated carbocycles. The molecule has 5 heteroatoms. The fourth-order valence-electron chi connectivity index (χ4n) is 1.44. The molecule has 0 fully saturated rings. The highest BCUT2D eigenvalue weighted by Gasteiger charge is 2.39. The Balaban J connectivity index is 4.18. The Hall–Kier alpha value is 0.187. The first-order valence-electron chi connectivity index (χ1n) is 6.24. The predicted octanol–water partition coefficient (Wildman–Crippen LogP) is 3.34. The summed E-state index contributed by atoms with van der Waals surface area (Å²) in [5, 5.41) is 0. The van der Waals surface area contributed by atoms with Crippen molar-refractivity contribution < 1.29 is 13.3 Å². The van der Waals surface area contributed by atoms with Gasteiger partial charge in [0.2, 0.25) is 0 Å². The van der Waals surface area contributed by atoms with Gasteiger partial charge >= 0.3 is 8.80 Å². The van der Waals surface area contributed by atoms with Crippen LogP contribution >= 0.6 is 11.8 Å². The minimum Gasteiger partial charge on any atom is -0.374 e. The van der Waals surface area contributed by atoms with Crippen molar-refractivity contribution in [2.24, 2.45) is 0 Å². The van der Waals surface area contributed by atoms with Crippen LogP contribution in [0.15, 0.2) is 12.2 Å². The standard InChI is InChI=1S/C12H26O3SSi/c1-6-13-17(14-7-2,15-8-3)10-9-16-11-12(4)5/h4,6-11H2,1-3,5H3. The fraction of sp³-hybridized carbons (Fsp3) is 0.833. The molecule has 0 atom stereocenters. The van der Waals surface area contributed by atoms with Crippen LogP contribution in [0.25, 0.3) is 0 Å². The summed E-state index contributed by atoms with van der Waals surface area (Å²) in [5.74, 6) is 1.99. The summed E-state index contributed by atoms with van der Waals surface area (Å²) in [5.41, 5.74) is 1.20.